The molecule has 1 amide bonds. The molecule has 31 heavy (non-hydrogen) atoms. The van der Waals surface area contributed by atoms with Gasteiger partial charge in [-0.3, -0.25) is 4.79 Å². The zero-order chi connectivity index (χ0) is 21.2. The smallest absolute Gasteiger partial charge is 0.230 e. The maximum Gasteiger partial charge on any atom is 0.230 e. The molecule has 158 valence electrons. The van der Waals surface area contributed by atoms with Gasteiger partial charge in [-0.2, -0.15) is 10.2 Å². The Hall–Kier alpha value is -3.45. The van der Waals surface area contributed by atoms with E-state index in [2.05, 4.69) is 22.1 Å². The number of para-hydroxylation sites is 1. The van der Waals surface area contributed by atoms with Gasteiger partial charge in [-0.05, 0) is 24.6 Å². The lowest BCUT2D eigenvalue weighted by Gasteiger charge is -2.31. The van der Waals surface area contributed by atoms with Crippen LogP contribution in [0.5, 0.6) is 0 Å². The van der Waals surface area contributed by atoms with E-state index in [9.17, 15) is 4.79 Å². The summed E-state index contributed by atoms with van der Waals surface area (Å²) in [5, 5.41) is 11.1. The molecule has 1 aromatic heterocycles. The minimum Gasteiger partial charge on any atom is -0.378 e. The quantitative estimate of drug-likeness (QED) is 0.600. The van der Waals surface area contributed by atoms with E-state index in [0.717, 1.165) is 53.5 Å². The van der Waals surface area contributed by atoms with Crippen molar-refractivity contribution in [3.05, 3.63) is 77.5 Å². The number of benzene rings is 2. The third-order valence-electron chi connectivity index (χ3n) is 5.88. The molecule has 0 saturated carbocycles. The van der Waals surface area contributed by atoms with E-state index >= 15 is 0 Å². The highest BCUT2D eigenvalue weighted by atomic mass is 16.5. The predicted octanol–water partition coefficient (Wildman–Crippen LogP) is 3.32. The standard InChI is InChI=1S/C24H25N5O2/c1-18-23(22-16-21(26-28(22)17-30)19-8-4-2-5-9-19)24(27-12-14-31-15-13-27)29(25-18)20-10-6-3-7-11-20/h2-11,17,22H,12-16H2,1H3. The summed E-state index contributed by atoms with van der Waals surface area (Å²) in [6.45, 7) is 4.93. The maximum atomic E-state index is 12.0. The maximum absolute atomic E-state index is 12.0. The van der Waals surface area contributed by atoms with Crippen LogP contribution in [0.25, 0.3) is 5.69 Å². The SMILES string of the molecule is Cc1nn(-c2ccccc2)c(N2CCOCC2)c1C1CC(c2ccccc2)=NN1C=O. The second-order valence-corrected chi connectivity index (χ2v) is 7.79. The molecular formula is C24H25N5O2. The van der Waals surface area contributed by atoms with Crippen LogP contribution in [0.15, 0.2) is 65.8 Å². The van der Waals surface area contributed by atoms with E-state index in [1.165, 1.54) is 0 Å². The lowest BCUT2D eigenvalue weighted by molar-refractivity contribution is -0.119. The molecule has 7 heteroatoms. The molecule has 3 heterocycles. The fraction of sp³-hybridized carbons (Fsp3) is 0.292. The summed E-state index contributed by atoms with van der Waals surface area (Å²) in [7, 11) is 0. The van der Waals surface area contributed by atoms with E-state index in [4.69, 9.17) is 9.84 Å². The summed E-state index contributed by atoms with van der Waals surface area (Å²) in [6, 6.07) is 20.0. The molecule has 1 saturated heterocycles. The normalized spacial score (nSPS) is 18.9. The van der Waals surface area contributed by atoms with Crippen LogP contribution in [0.4, 0.5) is 5.82 Å². The number of amides is 1. The lowest BCUT2D eigenvalue weighted by atomic mass is 9.98. The predicted molar refractivity (Wildman–Crippen MR) is 120 cm³/mol. The van der Waals surface area contributed by atoms with Crippen molar-refractivity contribution in [2.75, 3.05) is 31.2 Å². The molecule has 5 rings (SSSR count). The Bertz CT molecular complexity index is 1090. The van der Waals surface area contributed by atoms with Crippen LogP contribution in [0.3, 0.4) is 0 Å². The molecule has 0 spiro atoms. The third-order valence-corrected chi connectivity index (χ3v) is 5.88. The van der Waals surface area contributed by atoms with Gasteiger partial charge in [0, 0.05) is 25.1 Å². The first-order chi connectivity index (χ1) is 15.3. The van der Waals surface area contributed by atoms with Gasteiger partial charge in [-0.25, -0.2) is 9.69 Å². The Labute approximate surface area is 181 Å². The molecule has 3 aromatic rings. The van der Waals surface area contributed by atoms with Gasteiger partial charge in [0.1, 0.15) is 5.82 Å². The molecule has 2 aliphatic rings. The monoisotopic (exact) mass is 415 g/mol. The highest BCUT2D eigenvalue weighted by Crippen LogP contribution is 2.40. The van der Waals surface area contributed by atoms with E-state index in [1.54, 1.807) is 5.01 Å². The van der Waals surface area contributed by atoms with Crippen molar-refractivity contribution in [3.8, 4) is 5.69 Å². The Kier molecular flexibility index (Phi) is 5.26. The molecule has 1 fully saturated rings. The van der Waals surface area contributed by atoms with Gasteiger partial charge < -0.3 is 9.64 Å². The highest BCUT2D eigenvalue weighted by molar-refractivity contribution is 6.02. The number of aromatic nitrogens is 2. The van der Waals surface area contributed by atoms with Gasteiger partial charge in [-0.15, -0.1) is 0 Å². The van der Waals surface area contributed by atoms with E-state index in [0.29, 0.717) is 19.6 Å². The second-order valence-electron chi connectivity index (χ2n) is 7.79. The first-order valence-electron chi connectivity index (χ1n) is 10.6. The molecule has 2 aromatic carbocycles. The number of carbonyl (C=O) groups excluding carboxylic acids is 1. The van der Waals surface area contributed by atoms with Crippen molar-refractivity contribution < 1.29 is 9.53 Å². The number of hydrazone groups is 1. The van der Waals surface area contributed by atoms with Crippen molar-refractivity contribution in [3.63, 3.8) is 0 Å². The van der Waals surface area contributed by atoms with Crippen LogP contribution in [-0.2, 0) is 9.53 Å². The van der Waals surface area contributed by atoms with Crippen LogP contribution >= 0.6 is 0 Å². The van der Waals surface area contributed by atoms with Crippen molar-refractivity contribution in [2.45, 2.75) is 19.4 Å². The van der Waals surface area contributed by atoms with Gasteiger partial charge in [0.2, 0.25) is 6.41 Å². The minimum atomic E-state index is -0.192. The molecule has 0 bridgehead atoms. The lowest BCUT2D eigenvalue weighted by Crippen LogP contribution is -2.38. The molecular weight excluding hydrogens is 390 g/mol. The van der Waals surface area contributed by atoms with Crippen LogP contribution < -0.4 is 4.90 Å². The number of rotatable bonds is 5. The molecule has 0 aliphatic carbocycles. The first-order valence-corrected chi connectivity index (χ1v) is 10.6. The van der Waals surface area contributed by atoms with Crippen molar-refractivity contribution in [2.24, 2.45) is 5.10 Å². The van der Waals surface area contributed by atoms with Crippen molar-refractivity contribution in [1.82, 2.24) is 14.8 Å². The zero-order valence-corrected chi connectivity index (χ0v) is 17.5. The molecule has 0 radical (unpaired) electrons. The highest BCUT2D eigenvalue weighted by Gasteiger charge is 2.36. The number of hydrogen-bond donors (Lipinski definition) is 0. The molecule has 1 unspecified atom stereocenters. The summed E-state index contributed by atoms with van der Waals surface area (Å²) in [4.78, 5) is 14.3. The second kappa shape index (κ2) is 8.35. The number of nitrogens with zero attached hydrogens (tertiary/aromatic N) is 5. The van der Waals surface area contributed by atoms with Gasteiger partial charge in [0.15, 0.2) is 0 Å². The average Bonchev–Trinajstić information content (AvgIpc) is 3.41. The first kappa shape index (κ1) is 19.5. The fourth-order valence-corrected chi connectivity index (χ4v) is 4.41. The van der Waals surface area contributed by atoms with Gasteiger partial charge >= 0.3 is 0 Å². The van der Waals surface area contributed by atoms with Crippen molar-refractivity contribution in [1.29, 1.82) is 0 Å². The van der Waals surface area contributed by atoms with Crippen molar-refractivity contribution >= 4 is 17.9 Å². The van der Waals surface area contributed by atoms with Crippen LogP contribution in [0.2, 0.25) is 0 Å². The van der Waals surface area contributed by atoms with Gasteiger partial charge in [0.25, 0.3) is 0 Å². The Morgan fingerprint density at radius 1 is 1.00 bits per heavy atom. The Morgan fingerprint density at radius 2 is 1.68 bits per heavy atom. The molecule has 1 atom stereocenters. The summed E-state index contributed by atoms with van der Waals surface area (Å²) in [6.07, 6.45) is 1.48. The summed E-state index contributed by atoms with van der Waals surface area (Å²) >= 11 is 0. The number of carbonyl (C=O) groups is 1. The number of anilines is 1. The number of morpholine rings is 1. The minimum absolute atomic E-state index is 0.192. The number of aryl methyl sites for hydroxylation is 1. The van der Waals surface area contributed by atoms with Crippen LogP contribution in [0.1, 0.15) is 29.3 Å². The Morgan fingerprint density at radius 3 is 2.35 bits per heavy atom. The average molecular weight is 415 g/mol. The number of hydrogen-bond acceptors (Lipinski definition) is 5. The topological polar surface area (TPSA) is 63.0 Å². The third kappa shape index (κ3) is 3.61. The van der Waals surface area contributed by atoms with Gasteiger partial charge in [0.05, 0.1) is 36.3 Å². The summed E-state index contributed by atoms with van der Waals surface area (Å²) in [5.41, 5.74) is 4.91. The summed E-state index contributed by atoms with van der Waals surface area (Å²) < 4.78 is 7.60. The van der Waals surface area contributed by atoms with Crippen LogP contribution in [0, 0.1) is 6.92 Å². The van der Waals surface area contributed by atoms with E-state index in [-0.39, 0.29) is 6.04 Å². The zero-order valence-electron chi connectivity index (χ0n) is 17.5. The van der Waals surface area contributed by atoms with Gasteiger partial charge in [-0.1, -0.05) is 48.5 Å². The van der Waals surface area contributed by atoms with E-state index in [1.807, 2.05) is 60.1 Å². The largest absolute Gasteiger partial charge is 0.378 e. The number of ether oxygens (including phenoxy) is 1. The Balaban J connectivity index is 1.60. The molecule has 7 nitrogen and oxygen atoms in total. The fourth-order valence-electron chi connectivity index (χ4n) is 4.41. The van der Waals surface area contributed by atoms with E-state index < -0.39 is 0 Å². The molecule has 2 aliphatic heterocycles. The summed E-state index contributed by atoms with van der Waals surface area (Å²) in [5.74, 6) is 1.02. The molecule has 0 N–H and O–H groups in total. The van der Waals surface area contributed by atoms with Crippen LogP contribution in [-0.4, -0.2) is 53.2 Å².